The Labute approximate surface area is 123 Å². The van der Waals surface area contributed by atoms with Crippen molar-refractivity contribution in [3.05, 3.63) is 21.3 Å². The Balaban J connectivity index is 1.86. The maximum absolute atomic E-state index is 5.94. The molecular weight excluding hydrogens is 282 g/mol. The average molecular weight is 302 g/mol. The molecule has 0 spiro atoms. The van der Waals surface area contributed by atoms with Gasteiger partial charge in [0.05, 0.1) is 24.1 Å². The summed E-state index contributed by atoms with van der Waals surface area (Å²) in [5, 5.41) is 3.41. The van der Waals surface area contributed by atoms with E-state index in [4.69, 9.17) is 16.3 Å². The predicted octanol–water partition coefficient (Wildman–Crippen LogP) is 2.45. The van der Waals surface area contributed by atoms with E-state index >= 15 is 0 Å². The zero-order chi connectivity index (χ0) is 13.9. The number of nitrogens with zero attached hydrogens (tertiary/aromatic N) is 2. The van der Waals surface area contributed by atoms with Crippen LogP contribution in [0.5, 0.6) is 0 Å². The molecule has 0 aliphatic carbocycles. The van der Waals surface area contributed by atoms with E-state index in [9.17, 15) is 0 Å². The molecule has 19 heavy (non-hydrogen) atoms. The molecule has 1 fully saturated rings. The highest BCUT2D eigenvalue weighted by molar-refractivity contribution is 7.16. The SMILES string of the molecule is CN=C(NCC1(C)COC1)N(C)Cc1ccc(Cl)s1. The first-order valence-electron chi connectivity index (χ1n) is 6.26. The first-order chi connectivity index (χ1) is 9.02. The van der Waals surface area contributed by atoms with Crippen LogP contribution in [-0.2, 0) is 11.3 Å². The summed E-state index contributed by atoms with van der Waals surface area (Å²) in [6.45, 7) is 5.55. The topological polar surface area (TPSA) is 36.9 Å². The standard InChI is InChI=1S/C13H20ClN3OS/c1-13(8-18-9-13)7-16-12(15-2)17(3)6-10-4-5-11(14)19-10/h4-5H,6-9H2,1-3H3,(H,15,16). The minimum Gasteiger partial charge on any atom is -0.380 e. The van der Waals surface area contributed by atoms with Gasteiger partial charge in [-0.1, -0.05) is 18.5 Å². The Morgan fingerprint density at radius 3 is 2.79 bits per heavy atom. The molecule has 4 nitrogen and oxygen atoms in total. The summed E-state index contributed by atoms with van der Waals surface area (Å²) < 4.78 is 6.08. The third-order valence-corrected chi connectivity index (χ3v) is 4.39. The molecule has 1 N–H and O–H groups in total. The van der Waals surface area contributed by atoms with E-state index < -0.39 is 0 Å². The summed E-state index contributed by atoms with van der Waals surface area (Å²) in [6.07, 6.45) is 0. The highest BCUT2D eigenvalue weighted by atomic mass is 35.5. The van der Waals surface area contributed by atoms with Crippen molar-refractivity contribution in [2.75, 3.05) is 33.9 Å². The third kappa shape index (κ3) is 3.84. The molecule has 2 heterocycles. The van der Waals surface area contributed by atoms with Gasteiger partial charge < -0.3 is 15.0 Å². The molecule has 106 valence electrons. The Hall–Kier alpha value is -0.780. The van der Waals surface area contributed by atoms with Crippen LogP contribution in [-0.4, -0.2) is 44.7 Å². The molecule has 0 aromatic carbocycles. The van der Waals surface area contributed by atoms with Crippen LogP contribution in [0.15, 0.2) is 17.1 Å². The zero-order valence-electron chi connectivity index (χ0n) is 11.6. The molecule has 1 aromatic rings. The molecular formula is C13H20ClN3OS. The molecule has 1 aliphatic heterocycles. The lowest BCUT2D eigenvalue weighted by molar-refractivity contribution is -0.0972. The van der Waals surface area contributed by atoms with Gasteiger partial charge in [0, 0.05) is 30.9 Å². The lowest BCUT2D eigenvalue weighted by Gasteiger charge is -2.39. The second-order valence-electron chi connectivity index (χ2n) is 5.27. The van der Waals surface area contributed by atoms with Crippen LogP contribution in [0.4, 0.5) is 0 Å². The maximum Gasteiger partial charge on any atom is 0.193 e. The lowest BCUT2D eigenvalue weighted by Crippen LogP contribution is -2.51. The van der Waals surface area contributed by atoms with Crippen LogP contribution in [0.2, 0.25) is 4.34 Å². The summed E-state index contributed by atoms with van der Waals surface area (Å²) in [5.41, 5.74) is 0.239. The van der Waals surface area contributed by atoms with Gasteiger partial charge in [-0.15, -0.1) is 11.3 Å². The number of rotatable bonds is 4. The number of nitrogens with one attached hydrogen (secondary N) is 1. The minimum atomic E-state index is 0.239. The van der Waals surface area contributed by atoms with Crippen LogP contribution < -0.4 is 5.32 Å². The molecule has 1 aromatic heterocycles. The van der Waals surface area contributed by atoms with Gasteiger partial charge in [-0.2, -0.15) is 0 Å². The van der Waals surface area contributed by atoms with Crippen LogP contribution in [0.25, 0.3) is 0 Å². The highest BCUT2D eigenvalue weighted by Gasteiger charge is 2.33. The van der Waals surface area contributed by atoms with Crippen LogP contribution in [0.1, 0.15) is 11.8 Å². The second kappa shape index (κ2) is 6.11. The first kappa shape index (κ1) is 14.6. The smallest absolute Gasteiger partial charge is 0.193 e. The Kier molecular flexibility index (Phi) is 4.71. The molecule has 1 aliphatic rings. The van der Waals surface area contributed by atoms with Crippen molar-refractivity contribution < 1.29 is 4.74 Å². The summed E-state index contributed by atoms with van der Waals surface area (Å²) in [6, 6.07) is 3.98. The van der Waals surface area contributed by atoms with Crippen molar-refractivity contribution >= 4 is 28.9 Å². The fourth-order valence-corrected chi connectivity index (χ4v) is 3.12. The fraction of sp³-hybridized carbons (Fsp3) is 0.615. The van der Waals surface area contributed by atoms with Crippen LogP contribution >= 0.6 is 22.9 Å². The molecule has 0 atom stereocenters. The minimum absolute atomic E-state index is 0.239. The van der Waals surface area contributed by atoms with Crippen molar-refractivity contribution in [3.63, 3.8) is 0 Å². The lowest BCUT2D eigenvalue weighted by atomic mass is 9.89. The zero-order valence-corrected chi connectivity index (χ0v) is 13.1. The number of hydrogen-bond donors (Lipinski definition) is 1. The molecule has 0 saturated carbocycles. The van der Waals surface area contributed by atoms with E-state index in [1.54, 1.807) is 18.4 Å². The van der Waals surface area contributed by atoms with Gasteiger partial charge in [-0.05, 0) is 12.1 Å². The van der Waals surface area contributed by atoms with Gasteiger partial charge in [0.15, 0.2) is 5.96 Å². The van der Waals surface area contributed by atoms with E-state index in [1.807, 2.05) is 13.1 Å². The van der Waals surface area contributed by atoms with Crippen molar-refractivity contribution in [2.24, 2.45) is 10.4 Å². The van der Waals surface area contributed by atoms with Gasteiger partial charge in [-0.3, -0.25) is 4.99 Å². The van der Waals surface area contributed by atoms with Crippen molar-refractivity contribution in [2.45, 2.75) is 13.5 Å². The third-order valence-electron chi connectivity index (χ3n) is 3.17. The van der Waals surface area contributed by atoms with Crippen molar-refractivity contribution in [3.8, 4) is 0 Å². The Morgan fingerprint density at radius 1 is 1.58 bits per heavy atom. The van der Waals surface area contributed by atoms with E-state index in [1.165, 1.54) is 4.88 Å². The maximum atomic E-state index is 5.94. The predicted molar refractivity (Wildman–Crippen MR) is 81.1 cm³/mol. The fourth-order valence-electron chi connectivity index (χ4n) is 1.98. The number of ether oxygens (including phenoxy) is 1. The average Bonchev–Trinajstić information content (AvgIpc) is 2.73. The quantitative estimate of drug-likeness (QED) is 0.685. The molecule has 6 heteroatoms. The van der Waals surface area contributed by atoms with Crippen LogP contribution in [0.3, 0.4) is 0 Å². The van der Waals surface area contributed by atoms with Crippen molar-refractivity contribution in [1.82, 2.24) is 10.2 Å². The van der Waals surface area contributed by atoms with E-state index in [-0.39, 0.29) is 5.41 Å². The monoisotopic (exact) mass is 301 g/mol. The Morgan fingerprint density at radius 2 is 2.32 bits per heavy atom. The molecule has 1 saturated heterocycles. The summed E-state index contributed by atoms with van der Waals surface area (Å²) in [4.78, 5) is 7.65. The molecule has 0 bridgehead atoms. The van der Waals surface area contributed by atoms with Gasteiger partial charge in [0.2, 0.25) is 0 Å². The highest BCUT2D eigenvalue weighted by Crippen LogP contribution is 2.25. The number of halogens is 1. The molecule has 2 rings (SSSR count). The normalized spacial score (nSPS) is 18.0. The number of hydrogen-bond acceptors (Lipinski definition) is 3. The molecule has 0 unspecified atom stereocenters. The van der Waals surface area contributed by atoms with Gasteiger partial charge in [0.1, 0.15) is 0 Å². The van der Waals surface area contributed by atoms with Crippen LogP contribution in [0, 0.1) is 5.41 Å². The Bertz CT molecular complexity index is 456. The molecule has 0 amide bonds. The number of guanidine groups is 1. The largest absolute Gasteiger partial charge is 0.380 e. The number of thiophene rings is 1. The summed E-state index contributed by atoms with van der Waals surface area (Å²) >= 11 is 7.55. The van der Waals surface area contributed by atoms with Gasteiger partial charge in [0.25, 0.3) is 0 Å². The summed E-state index contributed by atoms with van der Waals surface area (Å²) in [7, 11) is 3.84. The number of aliphatic imine (C=N–C) groups is 1. The van der Waals surface area contributed by atoms with E-state index in [0.717, 1.165) is 36.6 Å². The van der Waals surface area contributed by atoms with Crippen molar-refractivity contribution in [1.29, 1.82) is 0 Å². The van der Waals surface area contributed by atoms with Gasteiger partial charge in [-0.25, -0.2) is 0 Å². The van der Waals surface area contributed by atoms with E-state index in [0.29, 0.717) is 0 Å². The van der Waals surface area contributed by atoms with Gasteiger partial charge >= 0.3 is 0 Å². The molecule has 0 radical (unpaired) electrons. The van der Waals surface area contributed by atoms with E-state index in [2.05, 4.69) is 28.2 Å². The summed E-state index contributed by atoms with van der Waals surface area (Å²) in [5.74, 6) is 0.901. The second-order valence-corrected chi connectivity index (χ2v) is 7.07. The first-order valence-corrected chi connectivity index (χ1v) is 7.46.